The van der Waals surface area contributed by atoms with Crippen LogP contribution in [0.3, 0.4) is 0 Å². The van der Waals surface area contributed by atoms with Crippen molar-refractivity contribution in [2.24, 2.45) is 17.8 Å². The van der Waals surface area contributed by atoms with Crippen LogP contribution in [-0.2, 0) is 12.0 Å². The highest BCUT2D eigenvalue weighted by Gasteiger charge is 2.49. The van der Waals surface area contributed by atoms with E-state index < -0.39 is 0 Å². The molecule has 1 saturated carbocycles. The molecule has 1 atom stereocenters. The molecule has 3 aliphatic heterocycles. The van der Waals surface area contributed by atoms with Crippen LogP contribution >= 0.6 is 11.8 Å². The summed E-state index contributed by atoms with van der Waals surface area (Å²) in [5.74, 6) is 3.57. The zero-order chi connectivity index (χ0) is 23.7. The molecule has 2 saturated heterocycles. The van der Waals surface area contributed by atoms with Crippen molar-refractivity contribution in [2.75, 3.05) is 49.9 Å². The van der Waals surface area contributed by atoms with Gasteiger partial charge >= 0.3 is 0 Å². The molecule has 3 heterocycles. The predicted molar refractivity (Wildman–Crippen MR) is 149 cm³/mol. The van der Waals surface area contributed by atoms with Gasteiger partial charge in [0, 0.05) is 48.2 Å². The molecule has 0 aromatic heterocycles. The predicted octanol–water partition coefficient (Wildman–Crippen LogP) is 6.18. The summed E-state index contributed by atoms with van der Waals surface area (Å²) < 4.78 is 0. The van der Waals surface area contributed by atoms with Gasteiger partial charge in [0.1, 0.15) is 0 Å². The summed E-state index contributed by atoms with van der Waals surface area (Å²) in [7, 11) is 0. The number of anilines is 1. The fourth-order valence-corrected chi connectivity index (χ4v) is 8.50. The van der Waals surface area contributed by atoms with E-state index in [1.807, 2.05) is 11.8 Å². The first-order valence-corrected chi connectivity index (χ1v) is 15.3. The Morgan fingerprint density at radius 2 is 1.63 bits per heavy atom. The number of likely N-dealkylation sites (tertiary alicyclic amines) is 1. The van der Waals surface area contributed by atoms with Crippen molar-refractivity contribution in [1.82, 2.24) is 10.2 Å². The van der Waals surface area contributed by atoms with Gasteiger partial charge in [-0.2, -0.15) is 0 Å². The summed E-state index contributed by atoms with van der Waals surface area (Å²) in [5.41, 5.74) is 4.92. The Kier molecular flexibility index (Phi) is 7.15. The van der Waals surface area contributed by atoms with E-state index in [1.54, 1.807) is 11.1 Å². The molecule has 3 fully saturated rings. The Morgan fingerprint density at radius 3 is 2.37 bits per heavy atom. The minimum Gasteiger partial charge on any atom is -0.371 e. The van der Waals surface area contributed by atoms with Gasteiger partial charge in [0.15, 0.2) is 0 Å². The van der Waals surface area contributed by atoms with E-state index in [2.05, 4.69) is 70.6 Å². The van der Waals surface area contributed by atoms with Crippen LogP contribution in [0.5, 0.6) is 0 Å². The summed E-state index contributed by atoms with van der Waals surface area (Å²) in [6, 6.07) is 18.7. The highest BCUT2D eigenvalue weighted by atomic mass is 32.2. The SMILES string of the molecule is CCSc1ccc(N2CC(CN3CCC(C4(C5CCCC5)NCCc5ccccc54)CC3)C2)cc1. The lowest BCUT2D eigenvalue weighted by Gasteiger charge is -2.53. The molecule has 3 nitrogen and oxygen atoms in total. The molecule has 0 amide bonds. The lowest BCUT2D eigenvalue weighted by atomic mass is 9.63. The van der Waals surface area contributed by atoms with E-state index in [1.165, 1.54) is 88.3 Å². The van der Waals surface area contributed by atoms with Gasteiger partial charge in [0.05, 0.1) is 0 Å². The van der Waals surface area contributed by atoms with Gasteiger partial charge in [-0.25, -0.2) is 0 Å². The smallest absolute Gasteiger partial charge is 0.0495 e. The first kappa shape index (κ1) is 23.9. The summed E-state index contributed by atoms with van der Waals surface area (Å²) in [5, 5.41) is 4.19. The van der Waals surface area contributed by atoms with E-state index in [-0.39, 0.29) is 5.54 Å². The van der Waals surface area contributed by atoms with E-state index in [0.29, 0.717) is 0 Å². The number of benzene rings is 2. The third-order valence-corrected chi connectivity index (χ3v) is 10.4. The second kappa shape index (κ2) is 10.5. The number of hydrogen-bond donors (Lipinski definition) is 1. The average Bonchev–Trinajstić information content (AvgIpc) is 3.42. The van der Waals surface area contributed by atoms with Crippen molar-refractivity contribution in [2.45, 2.75) is 62.3 Å². The van der Waals surface area contributed by atoms with E-state index in [0.717, 1.165) is 30.1 Å². The molecule has 2 aromatic carbocycles. The van der Waals surface area contributed by atoms with Gasteiger partial charge in [-0.05, 0) is 98.2 Å². The molecule has 0 spiro atoms. The number of hydrogen-bond acceptors (Lipinski definition) is 4. The Balaban J connectivity index is 1.06. The lowest BCUT2D eigenvalue weighted by molar-refractivity contribution is 0.0492. The molecule has 4 heteroatoms. The number of fused-ring (bicyclic) bond motifs is 1. The van der Waals surface area contributed by atoms with E-state index in [9.17, 15) is 0 Å². The molecular weight excluding hydrogens is 446 g/mol. The second-order valence-corrected chi connectivity index (χ2v) is 12.8. The molecule has 2 aromatic rings. The van der Waals surface area contributed by atoms with Crippen LogP contribution in [0.1, 0.15) is 56.6 Å². The quantitative estimate of drug-likeness (QED) is 0.468. The monoisotopic (exact) mass is 489 g/mol. The van der Waals surface area contributed by atoms with Crippen molar-refractivity contribution in [1.29, 1.82) is 0 Å². The van der Waals surface area contributed by atoms with E-state index in [4.69, 9.17) is 0 Å². The number of nitrogens with one attached hydrogen (secondary N) is 1. The standard InChI is InChI=1S/C31H43N3S/c1-2-35-29-13-11-28(12-14-29)34-22-24(23-34)21-33-19-16-27(17-20-33)31(26-8-4-5-9-26)30-10-6-3-7-25(30)15-18-32-31/h3,6-7,10-14,24,26-27,32H,2,4-5,8-9,15-23H2,1H3. The van der Waals surface area contributed by atoms with Crippen molar-refractivity contribution in [3.63, 3.8) is 0 Å². The topological polar surface area (TPSA) is 18.5 Å². The highest BCUT2D eigenvalue weighted by Crippen LogP contribution is 2.50. The Morgan fingerprint density at radius 1 is 0.914 bits per heavy atom. The fourth-order valence-electron chi connectivity index (χ4n) is 7.84. The number of rotatable bonds is 7. The molecule has 4 aliphatic rings. The van der Waals surface area contributed by atoms with Crippen LogP contribution in [0.2, 0.25) is 0 Å². The van der Waals surface area contributed by atoms with Crippen LogP contribution in [0.4, 0.5) is 5.69 Å². The van der Waals surface area contributed by atoms with Gasteiger partial charge in [0.2, 0.25) is 0 Å². The van der Waals surface area contributed by atoms with Crippen LogP contribution in [0.25, 0.3) is 0 Å². The Labute approximate surface area is 217 Å². The van der Waals surface area contributed by atoms with Gasteiger partial charge < -0.3 is 15.1 Å². The molecule has 6 rings (SSSR count). The summed E-state index contributed by atoms with van der Waals surface area (Å²) in [4.78, 5) is 6.74. The molecule has 0 radical (unpaired) electrons. The van der Waals surface area contributed by atoms with Crippen molar-refractivity contribution >= 4 is 17.4 Å². The third kappa shape index (κ3) is 4.67. The normalized spacial score (nSPS) is 26.6. The van der Waals surface area contributed by atoms with E-state index >= 15 is 0 Å². The Hall–Kier alpha value is -1.49. The minimum absolute atomic E-state index is 0.229. The maximum atomic E-state index is 4.19. The number of piperidine rings is 1. The van der Waals surface area contributed by atoms with Gasteiger partial charge in [-0.15, -0.1) is 11.8 Å². The molecule has 35 heavy (non-hydrogen) atoms. The van der Waals surface area contributed by atoms with Crippen molar-refractivity contribution in [3.8, 4) is 0 Å². The van der Waals surface area contributed by atoms with Gasteiger partial charge in [-0.1, -0.05) is 44.0 Å². The zero-order valence-corrected chi connectivity index (χ0v) is 22.4. The number of thioether (sulfide) groups is 1. The Bertz CT molecular complexity index is 971. The van der Waals surface area contributed by atoms with Gasteiger partial charge in [-0.3, -0.25) is 0 Å². The maximum Gasteiger partial charge on any atom is 0.0495 e. The summed E-state index contributed by atoms with van der Waals surface area (Å²) in [6.07, 6.45) is 9.58. The number of nitrogens with zero attached hydrogens (tertiary/aromatic N) is 2. The van der Waals surface area contributed by atoms with Crippen molar-refractivity contribution in [3.05, 3.63) is 59.7 Å². The fraction of sp³-hybridized carbons (Fsp3) is 0.613. The highest BCUT2D eigenvalue weighted by molar-refractivity contribution is 7.99. The van der Waals surface area contributed by atoms with Gasteiger partial charge in [0.25, 0.3) is 0 Å². The second-order valence-electron chi connectivity index (χ2n) is 11.5. The molecule has 1 aliphatic carbocycles. The van der Waals surface area contributed by atoms with Crippen LogP contribution in [0, 0.1) is 17.8 Å². The van der Waals surface area contributed by atoms with Crippen LogP contribution in [-0.4, -0.2) is 49.9 Å². The molecular formula is C31H43N3S. The average molecular weight is 490 g/mol. The van der Waals surface area contributed by atoms with Crippen LogP contribution < -0.4 is 10.2 Å². The summed E-state index contributed by atoms with van der Waals surface area (Å²) in [6.45, 7) is 9.67. The first-order valence-electron chi connectivity index (χ1n) is 14.3. The largest absolute Gasteiger partial charge is 0.371 e. The molecule has 1 unspecified atom stereocenters. The minimum atomic E-state index is 0.229. The lowest BCUT2D eigenvalue weighted by Crippen LogP contribution is -2.59. The molecule has 0 bridgehead atoms. The van der Waals surface area contributed by atoms with Crippen LogP contribution in [0.15, 0.2) is 53.4 Å². The van der Waals surface area contributed by atoms with Crippen molar-refractivity contribution < 1.29 is 0 Å². The first-order chi connectivity index (χ1) is 17.3. The maximum absolute atomic E-state index is 4.19. The zero-order valence-electron chi connectivity index (χ0n) is 21.6. The molecule has 1 N–H and O–H groups in total. The third-order valence-electron chi connectivity index (χ3n) is 9.49. The summed E-state index contributed by atoms with van der Waals surface area (Å²) >= 11 is 1.93. The molecule has 188 valence electrons.